The molecule has 4 nitrogen and oxygen atoms in total. The zero-order valence-electron chi connectivity index (χ0n) is 13.7. The molecule has 0 radical (unpaired) electrons. The molecule has 1 saturated carbocycles. The maximum Gasteiger partial charge on any atom is 0.324 e. The minimum Gasteiger partial charge on any atom is -0.459 e. The molecular formula is C18H27NO3. The van der Waals surface area contributed by atoms with Crippen LogP contribution in [-0.4, -0.2) is 28.8 Å². The average Bonchev–Trinajstić information content (AvgIpc) is 2.47. The fraction of sp³-hybridized carbons (Fsp3) is 0.611. The lowest BCUT2D eigenvalue weighted by atomic mass is 9.64. The van der Waals surface area contributed by atoms with Crippen LogP contribution in [0.4, 0.5) is 0 Å². The van der Waals surface area contributed by atoms with Gasteiger partial charge in [0.25, 0.3) is 0 Å². The number of hydrogen-bond donors (Lipinski definition) is 2. The van der Waals surface area contributed by atoms with E-state index in [9.17, 15) is 9.90 Å². The van der Waals surface area contributed by atoms with E-state index >= 15 is 0 Å². The maximum absolute atomic E-state index is 12.5. The largest absolute Gasteiger partial charge is 0.459 e. The third kappa shape index (κ3) is 3.68. The molecule has 0 heterocycles. The smallest absolute Gasteiger partial charge is 0.324 e. The number of rotatable bonds is 3. The third-order valence-electron chi connectivity index (χ3n) is 4.45. The van der Waals surface area contributed by atoms with Crippen molar-refractivity contribution in [2.45, 2.75) is 69.6 Å². The first-order chi connectivity index (χ1) is 10.2. The Morgan fingerprint density at radius 3 is 2.32 bits per heavy atom. The summed E-state index contributed by atoms with van der Waals surface area (Å²) in [7, 11) is 0. The number of ether oxygens (including phenoxy) is 1. The Morgan fingerprint density at radius 1 is 1.27 bits per heavy atom. The molecule has 1 aliphatic rings. The molecule has 0 bridgehead atoms. The van der Waals surface area contributed by atoms with Gasteiger partial charge in [0.1, 0.15) is 11.6 Å². The van der Waals surface area contributed by atoms with E-state index in [2.05, 4.69) is 0 Å². The predicted octanol–water partition coefficient (Wildman–Crippen LogP) is 2.53. The zero-order chi connectivity index (χ0) is 16.4. The van der Waals surface area contributed by atoms with Crippen LogP contribution in [0.1, 0.15) is 52.0 Å². The summed E-state index contributed by atoms with van der Waals surface area (Å²) in [6.45, 7) is 5.53. The van der Waals surface area contributed by atoms with Crippen LogP contribution in [-0.2, 0) is 14.9 Å². The molecule has 0 aliphatic heterocycles. The monoisotopic (exact) mass is 305 g/mol. The summed E-state index contributed by atoms with van der Waals surface area (Å²) in [6, 6.07) is 9.19. The minimum absolute atomic E-state index is 0.303. The van der Waals surface area contributed by atoms with Gasteiger partial charge in [0, 0.05) is 5.41 Å². The Labute approximate surface area is 132 Å². The van der Waals surface area contributed by atoms with E-state index in [0.717, 1.165) is 5.56 Å². The highest BCUT2D eigenvalue weighted by molar-refractivity contribution is 5.78. The number of benzene rings is 1. The van der Waals surface area contributed by atoms with E-state index in [0.29, 0.717) is 25.7 Å². The molecular weight excluding hydrogens is 278 g/mol. The Kier molecular flexibility index (Phi) is 4.93. The molecule has 0 saturated heterocycles. The van der Waals surface area contributed by atoms with Crippen molar-refractivity contribution < 1.29 is 14.6 Å². The van der Waals surface area contributed by atoms with Crippen molar-refractivity contribution in [2.24, 2.45) is 5.73 Å². The summed E-state index contributed by atoms with van der Waals surface area (Å²) in [5.74, 6) is -0.368. The van der Waals surface area contributed by atoms with Gasteiger partial charge in [0.15, 0.2) is 0 Å². The summed E-state index contributed by atoms with van der Waals surface area (Å²) in [6.07, 6.45) is 2.40. The Hall–Kier alpha value is -1.39. The van der Waals surface area contributed by atoms with Crippen molar-refractivity contribution in [2.75, 3.05) is 0 Å². The van der Waals surface area contributed by atoms with Crippen molar-refractivity contribution in [3.05, 3.63) is 35.9 Å². The summed E-state index contributed by atoms with van der Waals surface area (Å²) < 4.78 is 5.50. The molecule has 1 atom stereocenters. The number of nitrogens with two attached hydrogens (primary N) is 1. The van der Waals surface area contributed by atoms with Gasteiger partial charge >= 0.3 is 5.97 Å². The van der Waals surface area contributed by atoms with Gasteiger partial charge in [0.05, 0.1) is 6.10 Å². The predicted molar refractivity (Wildman–Crippen MR) is 86.4 cm³/mol. The van der Waals surface area contributed by atoms with Gasteiger partial charge in [-0.15, -0.1) is 0 Å². The maximum atomic E-state index is 12.5. The SMILES string of the molecule is CC(C)(C)OC(=O)C(N)[C@]1(c2ccccc2)CC[C@@H](O)CC1. The van der Waals surface area contributed by atoms with Crippen molar-refractivity contribution in [1.29, 1.82) is 0 Å². The second-order valence-corrected chi connectivity index (χ2v) is 7.26. The van der Waals surface area contributed by atoms with E-state index in [4.69, 9.17) is 10.5 Å². The van der Waals surface area contributed by atoms with Gasteiger partial charge in [-0.1, -0.05) is 30.3 Å². The van der Waals surface area contributed by atoms with Crippen molar-refractivity contribution in [3.8, 4) is 0 Å². The van der Waals surface area contributed by atoms with Crippen LogP contribution in [0, 0.1) is 0 Å². The van der Waals surface area contributed by atoms with Crippen LogP contribution < -0.4 is 5.73 Å². The summed E-state index contributed by atoms with van der Waals surface area (Å²) >= 11 is 0. The number of aliphatic hydroxyl groups excluding tert-OH is 1. The Bertz CT molecular complexity index is 499. The molecule has 22 heavy (non-hydrogen) atoms. The van der Waals surface area contributed by atoms with Crippen LogP contribution in [0.5, 0.6) is 0 Å². The summed E-state index contributed by atoms with van der Waals surface area (Å²) in [5, 5.41) is 9.84. The van der Waals surface area contributed by atoms with Gasteiger partial charge in [-0.25, -0.2) is 0 Å². The third-order valence-corrected chi connectivity index (χ3v) is 4.45. The molecule has 1 fully saturated rings. The van der Waals surface area contributed by atoms with Gasteiger partial charge in [-0.05, 0) is 52.0 Å². The quantitative estimate of drug-likeness (QED) is 0.842. The lowest BCUT2D eigenvalue weighted by Crippen LogP contribution is -2.54. The topological polar surface area (TPSA) is 72.5 Å². The van der Waals surface area contributed by atoms with E-state index in [1.807, 2.05) is 51.1 Å². The minimum atomic E-state index is -0.721. The lowest BCUT2D eigenvalue weighted by Gasteiger charge is -2.43. The second kappa shape index (κ2) is 6.39. The molecule has 0 aromatic heterocycles. The first-order valence-corrected chi connectivity index (χ1v) is 7.97. The first kappa shape index (κ1) is 17.0. The highest BCUT2D eigenvalue weighted by atomic mass is 16.6. The van der Waals surface area contributed by atoms with E-state index in [-0.39, 0.29) is 12.1 Å². The molecule has 0 amide bonds. The second-order valence-electron chi connectivity index (χ2n) is 7.26. The van der Waals surface area contributed by atoms with Crippen LogP contribution in [0.2, 0.25) is 0 Å². The molecule has 1 unspecified atom stereocenters. The first-order valence-electron chi connectivity index (χ1n) is 7.97. The van der Waals surface area contributed by atoms with Gasteiger partial charge in [-0.2, -0.15) is 0 Å². The fourth-order valence-corrected chi connectivity index (χ4v) is 3.26. The number of carbonyl (C=O) groups excluding carboxylic acids is 1. The molecule has 4 heteroatoms. The van der Waals surface area contributed by atoms with Crippen LogP contribution in [0.15, 0.2) is 30.3 Å². The van der Waals surface area contributed by atoms with E-state index in [1.165, 1.54) is 0 Å². The van der Waals surface area contributed by atoms with Crippen LogP contribution in [0.3, 0.4) is 0 Å². The Morgan fingerprint density at radius 2 is 1.82 bits per heavy atom. The van der Waals surface area contributed by atoms with Crippen molar-refractivity contribution in [1.82, 2.24) is 0 Å². The molecule has 122 valence electrons. The van der Waals surface area contributed by atoms with Crippen LogP contribution >= 0.6 is 0 Å². The van der Waals surface area contributed by atoms with E-state index in [1.54, 1.807) is 0 Å². The average molecular weight is 305 g/mol. The molecule has 1 aromatic carbocycles. The van der Waals surface area contributed by atoms with Gasteiger partial charge < -0.3 is 15.6 Å². The molecule has 1 aliphatic carbocycles. The lowest BCUT2D eigenvalue weighted by molar-refractivity contribution is -0.159. The highest BCUT2D eigenvalue weighted by Gasteiger charge is 2.46. The number of aliphatic hydroxyl groups is 1. The van der Waals surface area contributed by atoms with Crippen molar-refractivity contribution in [3.63, 3.8) is 0 Å². The Balaban J connectivity index is 2.31. The van der Waals surface area contributed by atoms with Crippen molar-refractivity contribution >= 4 is 5.97 Å². The molecule has 2 rings (SSSR count). The standard InChI is InChI=1S/C18H27NO3/c1-17(2,3)22-16(21)15(19)18(11-9-14(20)10-12-18)13-7-5-4-6-8-13/h4-8,14-15,20H,9-12,19H2,1-3H3/t14-,15?,18-. The molecule has 1 aromatic rings. The zero-order valence-corrected chi connectivity index (χ0v) is 13.7. The number of hydrogen-bond acceptors (Lipinski definition) is 4. The molecule has 0 spiro atoms. The van der Waals surface area contributed by atoms with E-state index < -0.39 is 17.1 Å². The van der Waals surface area contributed by atoms with Gasteiger partial charge in [0.2, 0.25) is 0 Å². The molecule has 3 N–H and O–H groups in total. The highest BCUT2D eigenvalue weighted by Crippen LogP contribution is 2.42. The fourth-order valence-electron chi connectivity index (χ4n) is 3.26. The summed E-state index contributed by atoms with van der Waals surface area (Å²) in [4.78, 5) is 12.5. The van der Waals surface area contributed by atoms with Gasteiger partial charge in [-0.3, -0.25) is 4.79 Å². The number of esters is 1. The normalized spacial score (nSPS) is 27.2. The summed E-state index contributed by atoms with van der Waals surface area (Å²) in [5.41, 5.74) is 6.40. The van der Waals surface area contributed by atoms with Crippen LogP contribution in [0.25, 0.3) is 0 Å². The number of carbonyl (C=O) groups is 1.